The van der Waals surface area contributed by atoms with Crippen LogP contribution in [0.25, 0.3) is 5.57 Å². The highest BCUT2D eigenvalue weighted by molar-refractivity contribution is 7.99. The third-order valence-corrected chi connectivity index (χ3v) is 3.81. The molecule has 2 nitrogen and oxygen atoms in total. The highest BCUT2D eigenvalue weighted by Gasteiger charge is 2.14. The molecule has 1 aliphatic heterocycles. The van der Waals surface area contributed by atoms with Gasteiger partial charge >= 0.3 is 0 Å². The molecular formula is C14H18N2S. The van der Waals surface area contributed by atoms with Crippen LogP contribution in [0.15, 0.2) is 29.4 Å². The van der Waals surface area contributed by atoms with Crippen LogP contribution in [-0.4, -0.2) is 29.9 Å². The summed E-state index contributed by atoms with van der Waals surface area (Å²) in [5.41, 5.74) is 5.28. The minimum absolute atomic E-state index is 0.213. The molecule has 3 heteroatoms. The maximum Gasteiger partial charge on any atom is 0.168 e. The van der Waals surface area contributed by atoms with E-state index in [9.17, 15) is 0 Å². The van der Waals surface area contributed by atoms with E-state index in [4.69, 9.17) is 0 Å². The fourth-order valence-electron chi connectivity index (χ4n) is 2.07. The van der Waals surface area contributed by atoms with Gasteiger partial charge in [0.1, 0.15) is 0 Å². The van der Waals surface area contributed by atoms with Crippen LogP contribution in [0.5, 0.6) is 0 Å². The molecule has 0 bridgehead atoms. The number of aryl methyl sites for hydroxylation is 2. The first-order valence-electron chi connectivity index (χ1n) is 5.69. The second-order valence-electron chi connectivity index (χ2n) is 4.41. The molecule has 1 heterocycles. The molecule has 0 fully saturated rings. The molecule has 0 spiro atoms. The van der Waals surface area contributed by atoms with Gasteiger partial charge in [0.15, 0.2) is 5.50 Å². The van der Waals surface area contributed by atoms with E-state index in [-0.39, 0.29) is 5.50 Å². The number of nitrogens with zero attached hydrogens (tertiary/aromatic N) is 2. The Labute approximate surface area is 107 Å². The Morgan fingerprint density at radius 3 is 2.65 bits per heavy atom. The number of hydrogen-bond acceptors (Lipinski definition) is 3. The van der Waals surface area contributed by atoms with E-state index in [1.54, 1.807) is 11.8 Å². The zero-order valence-corrected chi connectivity index (χ0v) is 11.6. The van der Waals surface area contributed by atoms with E-state index < -0.39 is 0 Å². The number of hydrogen-bond donors (Lipinski definition) is 0. The first kappa shape index (κ1) is 12.2. The largest absolute Gasteiger partial charge is 0.350 e. The second-order valence-corrected chi connectivity index (χ2v) is 5.30. The molecule has 0 aromatic heterocycles. The number of rotatable bonds is 2. The molecule has 0 amide bonds. The third-order valence-electron chi connectivity index (χ3n) is 2.94. The van der Waals surface area contributed by atoms with Gasteiger partial charge in [0.05, 0.1) is 0 Å². The Morgan fingerprint density at radius 2 is 2.06 bits per heavy atom. The molecule has 1 atom stereocenters. The number of aliphatic imine (C=N–C) groups is 1. The van der Waals surface area contributed by atoms with Crippen molar-refractivity contribution in [2.45, 2.75) is 19.3 Å². The van der Waals surface area contributed by atoms with Crippen LogP contribution < -0.4 is 0 Å². The third kappa shape index (κ3) is 2.55. The van der Waals surface area contributed by atoms with Crippen molar-refractivity contribution in [1.82, 2.24) is 4.90 Å². The van der Waals surface area contributed by atoms with Crippen molar-refractivity contribution in [3.8, 4) is 0 Å². The maximum absolute atomic E-state index is 4.55. The highest BCUT2D eigenvalue weighted by Crippen LogP contribution is 2.25. The predicted octanol–water partition coefficient (Wildman–Crippen LogP) is 3.31. The van der Waals surface area contributed by atoms with Crippen LogP contribution in [0.1, 0.15) is 16.7 Å². The summed E-state index contributed by atoms with van der Waals surface area (Å²) in [4.78, 5) is 6.70. The summed E-state index contributed by atoms with van der Waals surface area (Å²) in [6, 6.07) is 6.54. The van der Waals surface area contributed by atoms with Gasteiger partial charge < -0.3 is 4.90 Å². The lowest BCUT2D eigenvalue weighted by atomic mass is 9.99. The van der Waals surface area contributed by atoms with Crippen molar-refractivity contribution >= 4 is 23.5 Å². The van der Waals surface area contributed by atoms with E-state index in [0.717, 1.165) is 0 Å². The summed E-state index contributed by atoms with van der Waals surface area (Å²) in [5.74, 6) is 0. The van der Waals surface area contributed by atoms with E-state index in [0.29, 0.717) is 0 Å². The van der Waals surface area contributed by atoms with Crippen LogP contribution in [-0.2, 0) is 0 Å². The maximum atomic E-state index is 4.55. The molecule has 0 radical (unpaired) electrons. The van der Waals surface area contributed by atoms with E-state index >= 15 is 0 Å². The van der Waals surface area contributed by atoms with Gasteiger partial charge in [-0.05, 0) is 31.2 Å². The minimum atomic E-state index is 0.213. The fraction of sp³-hybridized carbons (Fsp3) is 0.357. The van der Waals surface area contributed by atoms with Gasteiger partial charge in [-0.3, -0.25) is 4.99 Å². The lowest BCUT2D eigenvalue weighted by molar-refractivity contribution is 0.438. The topological polar surface area (TPSA) is 15.6 Å². The molecule has 1 unspecified atom stereocenters. The molecule has 2 rings (SSSR count). The van der Waals surface area contributed by atoms with Gasteiger partial charge in [0.25, 0.3) is 0 Å². The summed E-state index contributed by atoms with van der Waals surface area (Å²) >= 11 is 1.74. The van der Waals surface area contributed by atoms with Gasteiger partial charge in [0, 0.05) is 25.0 Å². The Kier molecular flexibility index (Phi) is 3.57. The molecule has 1 aromatic carbocycles. The van der Waals surface area contributed by atoms with Crippen LogP contribution in [0, 0.1) is 13.8 Å². The summed E-state index contributed by atoms with van der Waals surface area (Å²) < 4.78 is 0. The van der Waals surface area contributed by atoms with Crippen molar-refractivity contribution in [3.05, 3.63) is 41.1 Å². The Balaban J connectivity index is 2.33. The minimum Gasteiger partial charge on any atom is -0.350 e. The Hall–Kier alpha value is -1.22. The molecule has 1 aromatic rings. The number of thioether (sulfide) groups is 1. The fourth-order valence-corrected chi connectivity index (χ4v) is 2.65. The van der Waals surface area contributed by atoms with Crippen molar-refractivity contribution in [2.75, 3.05) is 13.3 Å². The Morgan fingerprint density at radius 1 is 1.29 bits per heavy atom. The zero-order valence-electron chi connectivity index (χ0n) is 10.8. The van der Waals surface area contributed by atoms with Crippen molar-refractivity contribution < 1.29 is 0 Å². The summed E-state index contributed by atoms with van der Waals surface area (Å²) in [7, 11) is 2.07. The predicted molar refractivity (Wildman–Crippen MR) is 77.5 cm³/mol. The van der Waals surface area contributed by atoms with Gasteiger partial charge in [-0.1, -0.05) is 23.8 Å². The van der Waals surface area contributed by atoms with Crippen LogP contribution in [0.3, 0.4) is 0 Å². The lowest BCUT2D eigenvalue weighted by Crippen LogP contribution is -2.25. The van der Waals surface area contributed by atoms with E-state index in [1.807, 2.05) is 6.21 Å². The molecule has 1 aliphatic rings. The van der Waals surface area contributed by atoms with Crippen LogP contribution in [0.2, 0.25) is 0 Å². The monoisotopic (exact) mass is 246 g/mol. The normalized spacial score (nSPS) is 19.4. The van der Waals surface area contributed by atoms with E-state index in [2.05, 4.69) is 61.4 Å². The SMILES string of the molecule is CSC1N=CC(c2ccc(C)cc2C)=CN1C. The smallest absolute Gasteiger partial charge is 0.168 e. The summed E-state index contributed by atoms with van der Waals surface area (Å²) in [6.07, 6.45) is 6.24. The highest BCUT2D eigenvalue weighted by atomic mass is 32.2. The molecule has 0 saturated carbocycles. The average molecular weight is 246 g/mol. The molecular weight excluding hydrogens is 228 g/mol. The second kappa shape index (κ2) is 4.96. The van der Waals surface area contributed by atoms with Gasteiger partial charge in [-0.15, -0.1) is 11.8 Å². The summed E-state index contributed by atoms with van der Waals surface area (Å²) in [5, 5.41) is 0. The first-order chi connectivity index (χ1) is 8.11. The van der Waals surface area contributed by atoms with Crippen LogP contribution in [0.4, 0.5) is 0 Å². The average Bonchev–Trinajstić information content (AvgIpc) is 2.29. The van der Waals surface area contributed by atoms with Gasteiger partial charge in [-0.25, -0.2) is 0 Å². The molecule has 17 heavy (non-hydrogen) atoms. The van der Waals surface area contributed by atoms with Crippen molar-refractivity contribution in [1.29, 1.82) is 0 Å². The molecule has 0 N–H and O–H groups in total. The molecule has 0 aliphatic carbocycles. The zero-order chi connectivity index (χ0) is 12.4. The lowest BCUT2D eigenvalue weighted by Gasteiger charge is -2.26. The van der Waals surface area contributed by atoms with Crippen molar-refractivity contribution in [3.63, 3.8) is 0 Å². The van der Waals surface area contributed by atoms with Crippen molar-refractivity contribution in [2.24, 2.45) is 4.99 Å². The number of benzene rings is 1. The quantitative estimate of drug-likeness (QED) is 0.795. The van der Waals surface area contributed by atoms with Gasteiger partial charge in [0.2, 0.25) is 0 Å². The summed E-state index contributed by atoms with van der Waals surface area (Å²) in [6.45, 7) is 4.27. The standard InChI is InChI=1S/C14H18N2S/c1-10-5-6-13(11(2)7-10)12-8-15-14(17-4)16(3)9-12/h5-9,14H,1-4H3. The molecule has 0 saturated heterocycles. The molecule has 90 valence electrons. The van der Waals surface area contributed by atoms with Gasteiger partial charge in [-0.2, -0.15) is 0 Å². The number of allylic oxidation sites excluding steroid dienone is 1. The van der Waals surface area contributed by atoms with E-state index in [1.165, 1.54) is 22.3 Å². The van der Waals surface area contributed by atoms with Crippen LogP contribution >= 0.6 is 11.8 Å². The Bertz CT molecular complexity index is 477. The first-order valence-corrected chi connectivity index (χ1v) is 6.98.